The van der Waals surface area contributed by atoms with E-state index in [-0.39, 0.29) is 5.91 Å². The minimum absolute atomic E-state index is 0.0603. The van der Waals surface area contributed by atoms with Crippen LogP contribution in [0, 0.1) is 3.57 Å². The summed E-state index contributed by atoms with van der Waals surface area (Å²) in [6.45, 7) is 2.00. The Morgan fingerprint density at radius 2 is 2.37 bits per heavy atom. The predicted octanol–water partition coefficient (Wildman–Crippen LogP) is 2.70. The number of aromatic amines is 1. The Labute approximate surface area is 129 Å². The Hall–Kier alpha value is -1.09. The quantitative estimate of drug-likeness (QED) is 0.611. The molecule has 0 aliphatic carbocycles. The molecule has 1 aromatic heterocycles. The van der Waals surface area contributed by atoms with Crippen molar-refractivity contribution in [3.05, 3.63) is 33.7 Å². The van der Waals surface area contributed by atoms with E-state index in [9.17, 15) is 4.79 Å². The van der Waals surface area contributed by atoms with E-state index in [1.54, 1.807) is 0 Å². The Bertz CT molecular complexity index is 572. The average Bonchev–Trinajstić information content (AvgIpc) is 2.84. The minimum Gasteiger partial charge on any atom is -0.325 e. The molecule has 0 spiro atoms. The molecule has 1 amide bonds. The van der Waals surface area contributed by atoms with E-state index in [1.807, 2.05) is 31.2 Å². The first-order chi connectivity index (χ1) is 9.17. The monoisotopic (exact) mass is 388 g/mol. The number of H-pyrrole nitrogens is 1. The number of nitrogens with one attached hydrogen (secondary N) is 2. The molecular weight excluding hydrogens is 375 g/mol. The number of hydrogen-bond acceptors (Lipinski definition) is 4. The number of nitrogens with zero attached hydrogens (tertiary/aromatic N) is 2. The van der Waals surface area contributed by atoms with Crippen LogP contribution in [-0.4, -0.2) is 26.8 Å². The fourth-order valence-corrected chi connectivity index (χ4v) is 2.55. The van der Waals surface area contributed by atoms with Crippen molar-refractivity contribution in [3.8, 4) is 0 Å². The highest BCUT2D eigenvalue weighted by molar-refractivity contribution is 14.1. The first-order valence-electron chi connectivity index (χ1n) is 5.77. The highest BCUT2D eigenvalue weighted by atomic mass is 127. The number of carbonyl (C=O) groups is 1. The molecule has 100 valence electrons. The molecule has 7 heteroatoms. The second kappa shape index (κ2) is 6.90. The Kier molecular flexibility index (Phi) is 5.20. The van der Waals surface area contributed by atoms with Crippen molar-refractivity contribution in [3.63, 3.8) is 0 Å². The van der Waals surface area contributed by atoms with Gasteiger partial charge in [-0.25, -0.2) is 4.98 Å². The van der Waals surface area contributed by atoms with Crippen LogP contribution < -0.4 is 5.32 Å². The van der Waals surface area contributed by atoms with Crippen LogP contribution >= 0.6 is 34.4 Å². The van der Waals surface area contributed by atoms with Crippen molar-refractivity contribution in [1.29, 1.82) is 0 Å². The summed E-state index contributed by atoms with van der Waals surface area (Å²) < 4.78 is 1.09. The molecule has 5 nitrogen and oxygen atoms in total. The largest absolute Gasteiger partial charge is 0.325 e. The van der Waals surface area contributed by atoms with Crippen molar-refractivity contribution in [1.82, 2.24) is 15.2 Å². The molecule has 0 unspecified atom stereocenters. The number of benzene rings is 1. The summed E-state index contributed by atoms with van der Waals surface area (Å²) in [5, 5.41) is 10.3. The van der Waals surface area contributed by atoms with Crippen LogP contribution in [0.5, 0.6) is 0 Å². The van der Waals surface area contributed by atoms with E-state index in [4.69, 9.17) is 0 Å². The third kappa shape index (κ3) is 4.50. The lowest BCUT2D eigenvalue weighted by Crippen LogP contribution is -2.14. The van der Waals surface area contributed by atoms with Gasteiger partial charge in [0.25, 0.3) is 0 Å². The van der Waals surface area contributed by atoms with Gasteiger partial charge in [0.05, 0.1) is 5.75 Å². The molecule has 0 saturated carbocycles. The van der Waals surface area contributed by atoms with Crippen molar-refractivity contribution in [2.45, 2.75) is 18.5 Å². The van der Waals surface area contributed by atoms with Crippen LogP contribution in [0.15, 0.2) is 29.4 Å². The van der Waals surface area contributed by atoms with Crippen LogP contribution in [0.2, 0.25) is 0 Å². The maximum atomic E-state index is 11.8. The van der Waals surface area contributed by atoms with Crippen LogP contribution in [0.4, 0.5) is 5.69 Å². The third-order valence-electron chi connectivity index (χ3n) is 2.29. The summed E-state index contributed by atoms with van der Waals surface area (Å²) in [5.74, 6) is 1.07. The highest BCUT2D eigenvalue weighted by Gasteiger charge is 2.07. The lowest BCUT2D eigenvalue weighted by atomic mass is 10.3. The topological polar surface area (TPSA) is 70.7 Å². The van der Waals surface area contributed by atoms with E-state index in [0.29, 0.717) is 10.9 Å². The number of hydrogen-bond donors (Lipinski definition) is 2. The van der Waals surface area contributed by atoms with E-state index < -0.39 is 0 Å². The summed E-state index contributed by atoms with van der Waals surface area (Å²) >= 11 is 3.53. The average molecular weight is 388 g/mol. The van der Waals surface area contributed by atoms with Crippen molar-refractivity contribution < 1.29 is 4.79 Å². The van der Waals surface area contributed by atoms with E-state index in [1.165, 1.54) is 11.8 Å². The molecule has 0 radical (unpaired) electrons. The fourth-order valence-electron chi connectivity index (χ4n) is 1.39. The zero-order chi connectivity index (χ0) is 13.7. The van der Waals surface area contributed by atoms with Gasteiger partial charge in [-0.2, -0.15) is 0 Å². The predicted molar refractivity (Wildman–Crippen MR) is 84.3 cm³/mol. The molecule has 0 bridgehead atoms. The van der Waals surface area contributed by atoms with Crippen LogP contribution in [0.3, 0.4) is 0 Å². The van der Waals surface area contributed by atoms with Gasteiger partial charge in [-0.15, -0.1) is 5.10 Å². The smallest absolute Gasteiger partial charge is 0.234 e. The lowest BCUT2D eigenvalue weighted by molar-refractivity contribution is -0.113. The SMILES string of the molecule is CCc1nc(SCC(=O)Nc2cccc(I)c2)n[nH]1. The zero-order valence-corrected chi connectivity index (χ0v) is 13.3. The first-order valence-corrected chi connectivity index (χ1v) is 7.83. The van der Waals surface area contributed by atoms with E-state index >= 15 is 0 Å². The number of aromatic nitrogens is 3. The maximum absolute atomic E-state index is 11.8. The Morgan fingerprint density at radius 3 is 3.05 bits per heavy atom. The standard InChI is InChI=1S/C12H13IN4OS/c1-2-10-15-12(17-16-10)19-7-11(18)14-9-5-3-4-8(13)6-9/h3-6H,2,7H2,1H3,(H,14,18)(H,15,16,17). The van der Waals surface area contributed by atoms with Gasteiger partial charge in [-0.1, -0.05) is 24.8 Å². The molecule has 0 saturated heterocycles. The minimum atomic E-state index is -0.0603. The molecule has 1 aromatic carbocycles. The second-order valence-corrected chi connectivity index (χ2v) is 5.95. The van der Waals surface area contributed by atoms with Gasteiger partial charge in [-0.05, 0) is 40.8 Å². The van der Waals surface area contributed by atoms with Gasteiger partial charge in [0.1, 0.15) is 5.82 Å². The molecule has 2 aromatic rings. The first kappa shape index (κ1) is 14.3. The Morgan fingerprint density at radius 1 is 1.53 bits per heavy atom. The van der Waals surface area contributed by atoms with Gasteiger partial charge in [-0.3, -0.25) is 9.89 Å². The normalized spacial score (nSPS) is 10.4. The number of rotatable bonds is 5. The highest BCUT2D eigenvalue weighted by Crippen LogP contribution is 2.15. The lowest BCUT2D eigenvalue weighted by Gasteiger charge is -2.04. The van der Waals surface area contributed by atoms with Crippen LogP contribution in [0.25, 0.3) is 0 Å². The molecule has 0 aliphatic heterocycles. The zero-order valence-electron chi connectivity index (χ0n) is 10.3. The third-order valence-corrected chi connectivity index (χ3v) is 3.81. The van der Waals surface area contributed by atoms with Crippen molar-refractivity contribution >= 4 is 45.9 Å². The Balaban J connectivity index is 1.84. The summed E-state index contributed by atoms with van der Waals surface area (Å²) in [5.41, 5.74) is 0.807. The van der Waals surface area contributed by atoms with Crippen LogP contribution in [0.1, 0.15) is 12.7 Å². The number of halogens is 1. The summed E-state index contributed by atoms with van der Waals surface area (Å²) in [6.07, 6.45) is 0.808. The van der Waals surface area contributed by atoms with Crippen LogP contribution in [-0.2, 0) is 11.2 Å². The number of anilines is 1. The molecule has 2 N–H and O–H groups in total. The van der Waals surface area contributed by atoms with Crippen molar-refractivity contribution in [2.75, 3.05) is 11.1 Å². The molecule has 0 atom stereocenters. The molecule has 0 aliphatic rings. The fraction of sp³-hybridized carbons (Fsp3) is 0.250. The van der Waals surface area contributed by atoms with Gasteiger partial charge < -0.3 is 5.32 Å². The van der Waals surface area contributed by atoms with Gasteiger partial charge in [0.15, 0.2) is 0 Å². The number of carbonyl (C=O) groups excluding carboxylic acids is 1. The second-order valence-electron chi connectivity index (χ2n) is 3.77. The van der Waals surface area contributed by atoms with Gasteiger partial charge in [0.2, 0.25) is 11.1 Å². The molecule has 2 rings (SSSR count). The summed E-state index contributed by atoms with van der Waals surface area (Å²) in [7, 11) is 0. The number of aryl methyl sites for hydroxylation is 1. The maximum Gasteiger partial charge on any atom is 0.234 e. The number of amides is 1. The molecule has 0 fully saturated rings. The summed E-state index contributed by atoms with van der Waals surface area (Å²) in [4.78, 5) is 16.0. The van der Waals surface area contributed by atoms with E-state index in [2.05, 4.69) is 43.1 Å². The van der Waals surface area contributed by atoms with Gasteiger partial charge >= 0.3 is 0 Å². The van der Waals surface area contributed by atoms with E-state index in [0.717, 1.165) is 21.5 Å². The summed E-state index contributed by atoms with van der Waals surface area (Å²) in [6, 6.07) is 7.68. The van der Waals surface area contributed by atoms with Gasteiger partial charge in [0, 0.05) is 15.7 Å². The molecule has 1 heterocycles. The van der Waals surface area contributed by atoms with Crippen molar-refractivity contribution in [2.24, 2.45) is 0 Å². The molecule has 19 heavy (non-hydrogen) atoms. The molecular formula is C12H13IN4OS. The number of thioether (sulfide) groups is 1.